The summed E-state index contributed by atoms with van der Waals surface area (Å²) in [5.41, 5.74) is 0.191. The van der Waals surface area contributed by atoms with E-state index in [1.54, 1.807) is 12.1 Å². The molecule has 2 aromatic carbocycles. The van der Waals surface area contributed by atoms with Crippen molar-refractivity contribution in [2.24, 2.45) is 0 Å². The minimum Gasteiger partial charge on any atom is -0.437 e. The number of ether oxygens (including phenoxy) is 1. The summed E-state index contributed by atoms with van der Waals surface area (Å²) >= 11 is 1.28. The molecular weight excluding hydrogens is 569 g/mol. The summed E-state index contributed by atoms with van der Waals surface area (Å²) < 4.78 is 47.8. The Bertz CT molecular complexity index is 1610. The molecule has 4 aromatic rings. The van der Waals surface area contributed by atoms with E-state index in [0.717, 1.165) is 49.2 Å². The molecule has 2 aromatic heterocycles. The summed E-state index contributed by atoms with van der Waals surface area (Å²) in [5.74, 6) is -0.100. The maximum atomic E-state index is 13.7. The van der Waals surface area contributed by atoms with E-state index in [9.17, 15) is 22.8 Å². The maximum absolute atomic E-state index is 13.7. The summed E-state index contributed by atoms with van der Waals surface area (Å²) in [5, 5.41) is 5.84. The number of hydrogen-bond donors (Lipinski definition) is 2. The number of likely N-dealkylation sites (tertiary alicyclic amines) is 1. The lowest BCUT2D eigenvalue weighted by molar-refractivity contribution is -0.137. The first-order chi connectivity index (χ1) is 20.1. The van der Waals surface area contributed by atoms with Crippen molar-refractivity contribution in [1.29, 1.82) is 0 Å². The Kier molecular flexibility index (Phi) is 8.69. The normalized spacial score (nSPS) is 15.9. The van der Waals surface area contributed by atoms with Crippen molar-refractivity contribution in [2.45, 2.75) is 51.7 Å². The summed E-state index contributed by atoms with van der Waals surface area (Å²) in [7, 11) is 0. The number of anilines is 2. The number of nitrogens with zero attached hydrogens (tertiary/aromatic N) is 4. The smallest absolute Gasteiger partial charge is 0.416 e. The van der Waals surface area contributed by atoms with Crippen molar-refractivity contribution >= 4 is 44.2 Å². The number of carbonyl (C=O) groups is 2. The van der Waals surface area contributed by atoms with E-state index in [-0.39, 0.29) is 29.1 Å². The number of para-hydroxylation sites is 1. The van der Waals surface area contributed by atoms with Gasteiger partial charge in [0.05, 0.1) is 27.7 Å². The third-order valence-corrected chi connectivity index (χ3v) is 7.77. The fraction of sp³-hybridized carbons (Fsp3) is 0.345. The number of thiazole rings is 1. The van der Waals surface area contributed by atoms with E-state index < -0.39 is 17.8 Å². The summed E-state index contributed by atoms with van der Waals surface area (Å²) in [6.45, 7) is 4.92. The van der Waals surface area contributed by atoms with Gasteiger partial charge in [-0.25, -0.2) is 15.0 Å². The average Bonchev–Trinajstić information content (AvgIpc) is 3.36. The molecule has 2 amide bonds. The van der Waals surface area contributed by atoms with Crippen molar-refractivity contribution in [1.82, 2.24) is 19.9 Å². The number of nitrogens with one attached hydrogen (secondary N) is 2. The van der Waals surface area contributed by atoms with Crippen molar-refractivity contribution in [2.75, 3.05) is 23.7 Å². The van der Waals surface area contributed by atoms with Gasteiger partial charge in [-0.15, -0.1) is 0 Å². The highest BCUT2D eigenvalue weighted by Gasteiger charge is 2.33. The Balaban J connectivity index is 1.47. The van der Waals surface area contributed by atoms with Crippen LogP contribution >= 0.6 is 11.3 Å². The molecule has 0 aliphatic carbocycles. The summed E-state index contributed by atoms with van der Waals surface area (Å²) in [4.78, 5) is 39.8. The molecule has 1 aliphatic rings. The molecule has 0 spiro atoms. The molecule has 9 nitrogen and oxygen atoms in total. The highest BCUT2D eigenvalue weighted by Crippen LogP contribution is 2.38. The molecule has 0 bridgehead atoms. The topological polar surface area (TPSA) is 109 Å². The van der Waals surface area contributed by atoms with Crippen LogP contribution in [-0.2, 0) is 15.8 Å². The van der Waals surface area contributed by atoms with Crippen molar-refractivity contribution in [3.05, 3.63) is 54.4 Å². The molecule has 1 aliphatic heterocycles. The fourth-order valence-electron chi connectivity index (χ4n) is 4.97. The SMILES string of the molecule is CCCN1CCCC[C@@H]1C(=O)Nc1cc(C(F)(F)F)ccc1-c1cc(Oc2cccc3sc(NC(C)=O)nc23)ncn1. The number of halogens is 3. The molecule has 220 valence electrons. The average molecular weight is 599 g/mol. The highest BCUT2D eigenvalue weighted by atomic mass is 32.1. The van der Waals surface area contributed by atoms with Gasteiger partial charge in [-0.1, -0.05) is 36.8 Å². The van der Waals surface area contributed by atoms with Crippen LogP contribution in [0, 0.1) is 0 Å². The third-order valence-electron chi connectivity index (χ3n) is 6.83. The number of fused-ring (bicyclic) bond motifs is 1. The van der Waals surface area contributed by atoms with Crippen LogP contribution in [-0.4, -0.2) is 50.8 Å². The number of aromatic nitrogens is 3. The van der Waals surface area contributed by atoms with Gasteiger partial charge in [0.2, 0.25) is 17.7 Å². The van der Waals surface area contributed by atoms with E-state index in [0.29, 0.717) is 28.4 Å². The van der Waals surface area contributed by atoms with Gasteiger partial charge in [0.15, 0.2) is 10.9 Å². The molecule has 42 heavy (non-hydrogen) atoms. The molecule has 0 unspecified atom stereocenters. The van der Waals surface area contributed by atoms with Gasteiger partial charge >= 0.3 is 6.18 Å². The number of carbonyl (C=O) groups excluding carboxylic acids is 2. The predicted molar refractivity (Wildman–Crippen MR) is 155 cm³/mol. The Morgan fingerprint density at radius 3 is 2.71 bits per heavy atom. The lowest BCUT2D eigenvalue weighted by atomic mass is 10.00. The Morgan fingerprint density at radius 1 is 1.12 bits per heavy atom. The van der Waals surface area contributed by atoms with E-state index in [4.69, 9.17) is 4.74 Å². The van der Waals surface area contributed by atoms with Crippen LogP contribution in [0.2, 0.25) is 0 Å². The highest BCUT2D eigenvalue weighted by molar-refractivity contribution is 7.22. The minimum atomic E-state index is -4.60. The van der Waals surface area contributed by atoms with Gasteiger partial charge < -0.3 is 15.4 Å². The molecule has 5 rings (SSSR count). The molecule has 1 atom stereocenters. The molecule has 3 heterocycles. The van der Waals surface area contributed by atoms with E-state index in [1.807, 2.05) is 13.0 Å². The van der Waals surface area contributed by atoms with Gasteiger partial charge in [0, 0.05) is 18.6 Å². The second kappa shape index (κ2) is 12.4. The molecule has 1 fully saturated rings. The fourth-order valence-corrected chi connectivity index (χ4v) is 5.90. The number of rotatable bonds is 8. The Hall–Kier alpha value is -4.10. The van der Waals surface area contributed by atoms with Gasteiger partial charge in [0.1, 0.15) is 11.8 Å². The van der Waals surface area contributed by atoms with Gasteiger partial charge in [-0.3, -0.25) is 14.5 Å². The van der Waals surface area contributed by atoms with E-state index in [2.05, 4.69) is 30.5 Å². The van der Waals surface area contributed by atoms with Crippen molar-refractivity contribution < 1.29 is 27.5 Å². The van der Waals surface area contributed by atoms with Crippen LogP contribution in [0.3, 0.4) is 0 Å². The van der Waals surface area contributed by atoms with Crippen molar-refractivity contribution in [3.63, 3.8) is 0 Å². The number of piperidine rings is 1. The van der Waals surface area contributed by atoms with Crippen LogP contribution < -0.4 is 15.4 Å². The number of alkyl halides is 3. The first-order valence-electron chi connectivity index (χ1n) is 13.6. The van der Waals surface area contributed by atoms with Crippen LogP contribution in [0.5, 0.6) is 11.6 Å². The van der Waals surface area contributed by atoms with Crippen LogP contribution in [0.15, 0.2) is 48.8 Å². The largest absolute Gasteiger partial charge is 0.437 e. The molecule has 2 N–H and O–H groups in total. The third kappa shape index (κ3) is 6.68. The maximum Gasteiger partial charge on any atom is 0.416 e. The van der Waals surface area contributed by atoms with Gasteiger partial charge in [-0.05, 0) is 56.6 Å². The molecule has 1 saturated heterocycles. The second-order valence-corrected chi connectivity index (χ2v) is 11.0. The quantitative estimate of drug-likeness (QED) is 0.232. The van der Waals surface area contributed by atoms with Crippen LogP contribution in [0.4, 0.5) is 24.0 Å². The Morgan fingerprint density at radius 2 is 1.95 bits per heavy atom. The molecule has 0 radical (unpaired) electrons. The number of amides is 2. The molecular formula is C29H29F3N6O3S. The van der Waals surface area contributed by atoms with Gasteiger partial charge in [0.25, 0.3) is 0 Å². The summed E-state index contributed by atoms with van der Waals surface area (Å²) in [6, 6.07) is 9.54. The van der Waals surface area contributed by atoms with E-state index >= 15 is 0 Å². The second-order valence-electron chi connectivity index (χ2n) is 9.94. The predicted octanol–water partition coefficient (Wildman–Crippen LogP) is 6.73. The standard InChI is InChI=1S/C29H29F3N6O3S/c1-3-12-38-13-5-4-7-22(38)27(40)36-21-14-18(29(30,31)32)10-11-19(21)20-15-25(34-16-33-20)41-23-8-6-9-24-26(23)37-28(42-24)35-17(2)39/h6,8-11,14-16,22H,3-5,7,12-13H2,1-2H3,(H,36,40)(H,35,37,39)/t22-/m1/s1. The zero-order chi connectivity index (χ0) is 29.9. The number of benzene rings is 2. The lowest BCUT2D eigenvalue weighted by Gasteiger charge is -2.34. The van der Waals surface area contributed by atoms with Crippen molar-refractivity contribution in [3.8, 4) is 22.9 Å². The summed E-state index contributed by atoms with van der Waals surface area (Å²) in [6.07, 6.45) is -0.00583. The first-order valence-corrected chi connectivity index (χ1v) is 14.4. The first kappa shape index (κ1) is 29.4. The molecule has 13 heteroatoms. The zero-order valence-corrected chi connectivity index (χ0v) is 23.8. The monoisotopic (exact) mass is 598 g/mol. The molecule has 0 saturated carbocycles. The van der Waals surface area contributed by atoms with Gasteiger partial charge in [-0.2, -0.15) is 13.2 Å². The van der Waals surface area contributed by atoms with E-state index in [1.165, 1.54) is 36.7 Å². The number of hydrogen-bond acceptors (Lipinski definition) is 8. The van der Waals surface area contributed by atoms with Crippen LogP contribution in [0.1, 0.15) is 45.1 Å². The Labute approximate surface area is 244 Å². The lowest BCUT2D eigenvalue weighted by Crippen LogP contribution is -2.47. The zero-order valence-electron chi connectivity index (χ0n) is 23.0. The van der Waals surface area contributed by atoms with Crippen LogP contribution in [0.25, 0.3) is 21.5 Å². The minimum absolute atomic E-state index is 0.00282.